The third-order valence-corrected chi connectivity index (χ3v) is 4.47. The van der Waals surface area contributed by atoms with Gasteiger partial charge in [-0.1, -0.05) is 19.1 Å². The monoisotopic (exact) mass is 369 g/mol. The van der Waals surface area contributed by atoms with Crippen LogP contribution in [0.25, 0.3) is 0 Å². The highest BCUT2D eigenvalue weighted by Crippen LogP contribution is 2.42. The van der Waals surface area contributed by atoms with E-state index in [2.05, 4.69) is 4.76 Å². The van der Waals surface area contributed by atoms with E-state index in [4.69, 9.17) is 9.79 Å². The molecule has 0 spiro atoms. The fraction of sp³-hybridized carbons (Fsp3) is 0.312. The molecule has 0 saturated carbocycles. The normalized spacial score (nSPS) is 21.2. The molecule has 0 fully saturated rings. The summed E-state index contributed by atoms with van der Waals surface area (Å²) in [4.78, 5) is 18.2. The second kappa shape index (κ2) is 7.11. The molecule has 1 aliphatic carbocycles. The van der Waals surface area contributed by atoms with Crippen molar-refractivity contribution in [3.8, 4) is 5.75 Å². The highest BCUT2D eigenvalue weighted by molar-refractivity contribution is 7.50. The van der Waals surface area contributed by atoms with Crippen molar-refractivity contribution in [2.24, 2.45) is 10.7 Å². The van der Waals surface area contributed by atoms with Crippen molar-refractivity contribution in [2.75, 3.05) is 0 Å². The largest absolute Gasteiger partial charge is 0.508 e. The molecule has 25 heavy (non-hydrogen) atoms. The molecule has 2 unspecified atom stereocenters. The summed E-state index contributed by atoms with van der Waals surface area (Å²) in [6.45, 7) is 1.69. The zero-order valence-electron chi connectivity index (χ0n) is 13.4. The van der Waals surface area contributed by atoms with Crippen molar-refractivity contribution in [2.45, 2.75) is 25.0 Å². The SMILES string of the molecule is CCC(c1cccc(O)c1)C(O)(O)C1C=C(O)C=C/C1=N\P(=O)(O)O. The molecule has 1 aromatic carbocycles. The smallest absolute Gasteiger partial charge is 0.448 e. The van der Waals surface area contributed by atoms with Crippen LogP contribution in [0.1, 0.15) is 24.8 Å². The number of nitrogens with zero attached hydrogens (tertiary/aromatic N) is 1. The van der Waals surface area contributed by atoms with Gasteiger partial charge < -0.3 is 30.2 Å². The van der Waals surface area contributed by atoms with Gasteiger partial charge in [0.15, 0.2) is 5.79 Å². The molecule has 0 aliphatic heterocycles. The Morgan fingerprint density at radius 1 is 1.24 bits per heavy atom. The number of hydrogen-bond donors (Lipinski definition) is 6. The summed E-state index contributed by atoms with van der Waals surface area (Å²) in [6, 6.07) is 5.94. The Kier molecular flexibility index (Phi) is 5.51. The second-order valence-corrected chi connectivity index (χ2v) is 7.01. The lowest BCUT2D eigenvalue weighted by molar-refractivity contribution is -0.192. The van der Waals surface area contributed by atoms with Crippen LogP contribution in [0.4, 0.5) is 0 Å². The van der Waals surface area contributed by atoms with E-state index in [1.165, 1.54) is 12.1 Å². The van der Waals surface area contributed by atoms with Gasteiger partial charge in [0, 0.05) is 5.92 Å². The molecule has 136 valence electrons. The topological polar surface area (TPSA) is 151 Å². The number of benzene rings is 1. The van der Waals surface area contributed by atoms with Crippen molar-refractivity contribution in [1.82, 2.24) is 0 Å². The van der Waals surface area contributed by atoms with Gasteiger partial charge in [-0.3, -0.25) is 0 Å². The molecule has 0 saturated heterocycles. The van der Waals surface area contributed by atoms with Crippen LogP contribution in [0.15, 0.2) is 53.0 Å². The van der Waals surface area contributed by atoms with Crippen LogP contribution in [0.3, 0.4) is 0 Å². The first-order valence-electron chi connectivity index (χ1n) is 7.52. The van der Waals surface area contributed by atoms with Crippen LogP contribution in [-0.2, 0) is 4.57 Å². The van der Waals surface area contributed by atoms with Gasteiger partial charge in [0.1, 0.15) is 11.5 Å². The lowest BCUT2D eigenvalue weighted by atomic mass is 9.77. The first-order valence-corrected chi connectivity index (χ1v) is 9.09. The molecule has 0 radical (unpaired) electrons. The van der Waals surface area contributed by atoms with Crippen LogP contribution >= 0.6 is 7.75 Å². The Hall–Kier alpha value is -1.96. The number of aliphatic hydroxyl groups is 3. The average Bonchev–Trinajstić information content (AvgIpc) is 2.48. The van der Waals surface area contributed by atoms with Crippen molar-refractivity contribution < 1.29 is 34.8 Å². The fourth-order valence-corrected chi connectivity index (χ4v) is 3.40. The molecule has 0 heterocycles. The maximum Gasteiger partial charge on any atom is 0.448 e. The van der Waals surface area contributed by atoms with E-state index in [0.717, 1.165) is 18.2 Å². The van der Waals surface area contributed by atoms with Gasteiger partial charge in [0.25, 0.3) is 0 Å². The summed E-state index contributed by atoms with van der Waals surface area (Å²) in [5.41, 5.74) is 0.153. The minimum absolute atomic E-state index is 0.0576. The van der Waals surface area contributed by atoms with Gasteiger partial charge in [0.05, 0.1) is 11.6 Å². The number of aromatic hydroxyl groups is 1. The first kappa shape index (κ1) is 19.4. The Morgan fingerprint density at radius 3 is 2.48 bits per heavy atom. The van der Waals surface area contributed by atoms with E-state index in [1.807, 2.05) is 0 Å². The van der Waals surface area contributed by atoms with Gasteiger partial charge in [-0.05, 0) is 42.3 Å². The summed E-state index contributed by atoms with van der Waals surface area (Å²) in [7, 11) is -4.82. The van der Waals surface area contributed by atoms with Gasteiger partial charge in [0.2, 0.25) is 0 Å². The lowest BCUT2D eigenvalue weighted by Crippen LogP contribution is -2.46. The van der Waals surface area contributed by atoms with E-state index in [1.54, 1.807) is 19.1 Å². The maximum atomic E-state index is 11.2. The molecule has 9 heteroatoms. The Morgan fingerprint density at radius 2 is 1.92 bits per heavy atom. The van der Waals surface area contributed by atoms with Crippen molar-refractivity contribution >= 4 is 13.5 Å². The Labute approximate surface area is 144 Å². The third-order valence-electron chi connectivity index (χ3n) is 3.98. The van der Waals surface area contributed by atoms with Crippen LogP contribution in [0.5, 0.6) is 5.75 Å². The van der Waals surface area contributed by atoms with E-state index >= 15 is 0 Å². The summed E-state index contributed by atoms with van der Waals surface area (Å²) >= 11 is 0. The molecular formula is C16H20NO7P. The van der Waals surface area contributed by atoms with Gasteiger partial charge in [-0.2, -0.15) is 4.76 Å². The van der Waals surface area contributed by atoms with Gasteiger partial charge in [-0.25, -0.2) is 4.57 Å². The molecule has 1 aliphatic rings. The average molecular weight is 369 g/mol. The predicted octanol–water partition coefficient (Wildman–Crippen LogP) is 1.73. The van der Waals surface area contributed by atoms with Crippen molar-refractivity contribution in [1.29, 1.82) is 0 Å². The molecule has 2 rings (SSSR count). The highest BCUT2D eigenvalue weighted by Gasteiger charge is 2.45. The third kappa shape index (κ3) is 4.56. The molecule has 6 N–H and O–H groups in total. The molecule has 1 aromatic rings. The van der Waals surface area contributed by atoms with Crippen LogP contribution < -0.4 is 0 Å². The maximum absolute atomic E-state index is 11.2. The Bertz CT molecular complexity index is 778. The zero-order valence-corrected chi connectivity index (χ0v) is 14.3. The summed E-state index contributed by atoms with van der Waals surface area (Å²) in [6.07, 6.45) is 3.58. The first-order chi connectivity index (χ1) is 11.5. The molecule has 0 bridgehead atoms. The van der Waals surface area contributed by atoms with Crippen LogP contribution in [0.2, 0.25) is 0 Å². The quantitative estimate of drug-likeness (QED) is 0.342. The van der Waals surface area contributed by atoms with Crippen molar-refractivity contribution in [3.63, 3.8) is 0 Å². The van der Waals surface area contributed by atoms with Crippen LogP contribution in [0, 0.1) is 5.92 Å². The standard InChI is InChI=1S/C16H20NO7P/c1-2-13(10-4-3-5-11(18)8-10)16(20,21)14-9-12(19)6-7-15(14)17-25(22,23)24/h3-9,13-14,18-21H,2H2,1H3,(H2,22,23,24)/b17-15+. The number of allylic oxidation sites excluding steroid dienone is 2. The van der Waals surface area contributed by atoms with E-state index in [-0.39, 0.29) is 23.6 Å². The molecule has 2 atom stereocenters. The summed E-state index contributed by atoms with van der Waals surface area (Å²) < 4.78 is 14.5. The van der Waals surface area contributed by atoms with E-state index in [9.17, 15) is 25.0 Å². The zero-order chi connectivity index (χ0) is 18.8. The number of aliphatic hydroxyl groups excluding tert-OH is 1. The molecule has 0 aromatic heterocycles. The van der Waals surface area contributed by atoms with Gasteiger partial charge >= 0.3 is 7.75 Å². The molecule has 0 amide bonds. The van der Waals surface area contributed by atoms with Crippen LogP contribution in [-0.4, -0.2) is 41.7 Å². The van der Waals surface area contributed by atoms with Gasteiger partial charge in [-0.15, -0.1) is 0 Å². The second-order valence-electron chi connectivity index (χ2n) is 5.78. The summed E-state index contributed by atoms with van der Waals surface area (Å²) in [5.74, 6) is -5.15. The van der Waals surface area contributed by atoms with E-state index < -0.39 is 25.4 Å². The van der Waals surface area contributed by atoms with E-state index in [0.29, 0.717) is 5.56 Å². The molecule has 8 nitrogen and oxygen atoms in total. The predicted molar refractivity (Wildman–Crippen MR) is 91.1 cm³/mol. The molecular weight excluding hydrogens is 349 g/mol. The highest BCUT2D eigenvalue weighted by atomic mass is 31.2. The fourth-order valence-electron chi connectivity index (χ4n) is 2.91. The number of phenols is 1. The number of phenolic OH excluding ortho intramolecular Hbond substituents is 1. The lowest BCUT2D eigenvalue weighted by Gasteiger charge is -2.37. The number of rotatable bonds is 5. The minimum atomic E-state index is -4.82. The Balaban J connectivity index is 2.51. The summed E-state index contributed by atoms with van der Waals surface area (Å²) in [5, 5.41) is 40.9. The number of hydrogen-bond acceptors (Lipinski definition) is 5. The van der Waals surface area contributed by atoms with Crippen molar-refractivity contribution in [3.05, 3.63) is 53.8 Å². The minimum Gasteiger partial charge on any atom is -0.508 e.